The van der Waals surface area contributed by atoms with E-state index >= 15 is 0 Å². The molecule has 0 aliphatic carbocycles. The Labute approximate surface area is 94.5 Å². The van der Waals surface area contributed by atoms with Gasteiger partial charge in [0.15, 0.2) is 0 Å². The molecule has 0 saturated carbocycles. The minimum atomic E-state index is -0.445. The van der Waals surface area contributed by atoms with Gasteiger partial charge in [0, 0.05) is 4.88 Å². The maximum Gasteiger partial charge on any atom is 0.408 e. The highest BCUT2D eigenvalue weighted by molar-refractivity contribution is 7.10. The molecular formula is C11H17NO2S. The molecule has 1 atom stereocenters. The van der Waals surface area contributed by atoms with Crippen LogP contribution in [-0.2, 0) is 4.74 Å². The molecule has 0 spiro atoms. The zero-order valence-electron chi connectivity index (χ0n) is 9.53. The van der Waals surface area contributed by atoms with Crippen molar-refractivity contribution in [2.24, 2.45) is 0 Å². The molecule has 1 N–H and O–H groups in total. The van der Waals surface area contributed by atoms with Crippen LogP contribution in [0, 0.1) is 0 Å². The van der Waals surface area contributed by atoms with Crippen LogP contribution >= 0.6 is 11.3 Å². The topological polar surface area (TPSA) is 38.3 Å². The van der Waals surface area contributed by atoms with E-state index in [4.69, 9.17) is 4.74 Å². The first-order chi connectivity index (χ1) is 6.88. The monoisotopic (exact) mass is 227 g/mol. The van der Waals surface area contributed by atoms with E-state index in [0.29, 0.717) is 0 Å². The first-order valence-electron chi connectivity index (χ1n) is 4.91. The standard InChI is InChI=1S/C11H17NO2S/c1-8(9-6-5-7-15-9)12-10(13)14-11(2,3)4/h5-8H,1-4H3,(H,12,13). The van der Waals surface area contributed by atoms with Gasteiger partial charge in [-0.05, 0) is 39.1 Å². The van der Waals surface area contributed by atoms with Crippen LogP contribution < -0.4 is 5.32 Å². The summed E-state index contributed by atoms with van der Waals surface area (Å²) in [6.45, 7) is 7.49. The van der Waals surface area contributed by atoms with Crippen LogP contribution in [0.3, 0.4) is 0 Å². The highest BCUT2D eigenvalue weighted by Gasteiger charge is 2.18. The number of carbonyl (C=O) groups excluding carboxylic acids is 1. The highest BCUT2D eigenvalue weighted by Crippen LogP contribution is 2.18. The Bertz CT molecular complexity index is 314. The van der Waals surface area contributed by atoms with Crippen LogP contribution in [0.5, 0.6) is 0 Å². The van der Waals surface area contributed by atoms with Gasteiger partial charge in [0.05, 0.1) is 6.04 Å². The first kappa shape index (κ1) is 12.0. The second-order valence-electron chi connectivity index (χ2n) is 4.38. The third-order valence-corrected chi connectivity index (χ3v) is 2.76. The Morgan fingerprint density at radius 2 is 2.20 bits per heavy atom. The van der Waals surface area contributed by atoms with Gasteiger partial charge in [-0.3, -0.25) is 0 Å². The molecule has 1 amide bonds. The fraction of sp³-hybridized carbons (Fsp3) is 0.545. The number of hydrogen-bond donors (Lipinski definition) is 1. The molecule has 1 heterocycles. The number of amides is 1. The van der Waals surface area contributed by atoms with E-state index < -0.39 is 5.60 Å². The minimum absolute atomic E-state index is 0.000139. The van der Waals surface area contributed by atoms with Gasteiger partial charge in [0.2, 0.25) is 0 Å². The van der Waals surface area contributed by atoms with Gasteiger partial charge in [-0.15, -0.1) is 11.3 Å². The lowest BCUT2D eigenvalue weighted by molar-refractivity contribution is 0.0509. The normalized spacial score (nSPS) is 13.3. The average Bonchev–Trinajstić information content (AvgIpc) is 2.50. The Morgan fingerprint density at radius 1 is 1.53 bits per heavy atom. The van der Waals surface area contributed by atoms with Gasteiger partial charge in [0.25, 0.3) is 0 Å². The summed E-state index contributed by atoms with van der Waals surface area (Å²) >= 11 is 1.62. The molecule has 1 aromatic rings. The number of rotatable bonds is 2. The van der Waals surface area contributed by atoms with Gasteiger partial charge >= 0.3 is 6.09 Å². The molecule has 1 rings (SSSR count). The Hall–Kier alpha value is -1.03. The molecule has 0 radical (unpaired) electrons. The van der Waals surface area contributed by atoms with E-state index in [2.05, 4.69) is 5.32 Å². The number of carbonyl (C=O) groups is 1. The van der Waals surface area contributed by atoms with Crippen molar-refractivity contribution in [3.63, 3.8) is 0 Å². The predicted octanol–water partition coefficient (Wildman–Crippen LogP) is 3.33. The van der Waals surface area contributed by atoms with Crippen LogP contribution in [0.4, 0.5) is 4.79 Å². The van der Waals surface area contributed by atoms with E-state index in [0.717, 1.165) is 4.88 Å². The SMILES string of the molecule is CC(NC(=O)OC(C)(C)C)c1cccs1. The lowest BCUT2D eigenvalue weighted by Gasteiger charge is -2.21. The molecule has 3 nitrogen and oxygen atoms in total. The number of nitrogens with one attached hydrogen (secondary N) is 1. The highest BCUT2D eigenvalue weighted by atomic mass is 32.1. The fourth-order valence-electron chi connectivity index (χ4n) is 1.09. The van der Waals surface area contributed by atoms with E-state index in [1.54, 1.807) is 11.3 Å². The molecule has 0 bridgehead atoms. The predicted molar refractivity (Wildman–Crippen MR) is 62.1 cm³/mol. The maximum absolute atomic E-state index is 11.4. The molecule has 0 aliphatic rings. The number of ether oxygens (including phenoxy) is 1. The molecule has 1 aromatic heterocycles. The van der Waals surface area contributed by atoms with Crippen molar-refractivity contribution in [1.29, 1.82) is 0 Å². The van der Waals surface area contributed by atoms with Crippen molar-refractivity contribution in [3.05, 3.63) is 22.4 Å². The number of hydrogen-bond acceptors (Lipinski definition) is 3. The summed E-state index contributed by atoms with van der Waals surface area (Å²) < 4.78 is 5.16. The summed E-state index contributed by atoms with van der Waals surface area (Å²) in [5.74, 6) is 0. The van der Waals surface area contributed by atoms with Crippen LogP contribution in [-0.4, -0.2) is 11.7 Å². The Kier molecular flexibility index (Phi) is 3.74. The molecular weight excluding hydrogens is 210 g/mol. The molecule has 1 unspecified atom stereocenters. The van der Waals surface area contributed by atoms with Gasteiger partial charge in [-0.25, -0.2) is 4.79 Å². The van der Waals surface area contributed by atoms with Crippen molar-refractivity contribution in [2.45, 2.75) is 39.3 Å². The summed E-state index contributed by atoms with van der Waals surface area (Å²) in [5, 5.41) is 4.78. The molecule has 4 heteroatoms. The van der Waals surface area contributed by atoms with Crippen molar-refractivity contribution in [3.8, 4) is 0 Å². The molecule has 0 fully saturated rings. The van der Waals surface area contributed by atoms with Crippen LogP contribution in [0.15, 0.2) is 17.5 Å². The van der Waals surface area contributed by atoms with Crippen LogP contribution in [0.1, 0.15) is 38.6 Å². The second-order valence-corrected chi connectivity index (χ2v) is 5.36. The van der Waals surface area contributed by atoms with E-state index in [1.165, 1.54) is 0 Å². The van der Waals surface area contributed by atoms with Crippen molar-refractivity contribution in [1.82, 2.24) is 5.32 Å². The summed E-state index contributed by atoms with van der Waals surface area (Å²) in [4.78, 5) is 12.6. The maximum atomic E-state index is 11.4. The van der Waals surface area contributed by atoms with Crippen LogP contribution in [0.25, 0.3) is 0 Å². The molecule has 84 valence electrons. The second kappa shape index (κ2) is 4.66. The van der Waals surface area contributed by atoms with Crippen molar-refractivity contribution in [2.75, 3.05) is 0 Å². The summed E-state index contributed by atoms with van der Waals surface area (Å²) in [6, 6.07) is 3.96. The lowest BCUT2D eigenvalue weighted by atomic mass is 10.2. The number of alkyl carbamates (subject to hydrolysis) is 1. The van der Waals surface area contributed by atoms with Gasteiger partial charge < -0.3 is 10.1 Å². The summed E-state index contributed by atoms with van der Waals surface area (Å²) in [6.07, 6.45) is -0.372. The van der Waals surface area contributed by atoms with Crippen molar-refractivity contribution >= 4 is 17.4 Å². The smallest absolute Gasteiger partial charge is 0.408 e. The largest absolute Gasteiger partial charge is 0.444 e. The third-order valence-electron chi connectivity index (χ3n) is 1.70. The van der Waals surface area contributed by atoms with Gasteiger partial charge in [-0.1, -0.05) is 6.07 Å². The molecule has 15 heavy (non-hydrogen) atoms. The zero-order chi connectivity index (χ0) is 11.5. The Balaban J connectivity index is 2.45. The number of thiophene rings is 1. The van der Waals surface area contributed by atoms with Gasteiger partial charge in [0.1, 0.15) is 5.60 Å². The Morgan fingerprint density at radius 3 is 2.67 bits per heavy atom. The quantitative estimate of drug-likeness (QED) is 0.841. The third kappa shape index (κ3) is 4.34. The molecule has 0 aliphatic heterocycles. The lowest BCUT2D eigenvalue weighted by Crippen LogP contribution is -2.33. The fourth-order valence-corrected chi connectivity index (χ4v) is 1.83. The average molecular weight is 227 g/mol. The minimum Gasteiger partial charge on any atom is -0.444 e. The van der Waals surface area contributed by atoms with E-state index in [-0.39, 0.29) is 12.1 Å². The van der Waals surface area contributed by atoms with Crippen LogP contribution in [0.2, 0.25) is 0 Å². The molecule has 0 saturated heterocycles. The van der Waals surface area contributed by atoms with E-state index in [9.17, 15) is 4.79 Å². The zero-order valence-corrected chi connectivity index (χ0v) is 10.4. The van der Waals surface area contributed by atoms with E-state index in [1.807, 2.05) is 45.2 Å². The first-order valence-corrected chi connectivity index (χ1v) is 5.79. The van der Waals surface area contributed by atoms with Gasteiger partial charge in [-0.2, -0.15) is 0 Å². The molecule has 0 aromatic carbocycles. The summed E-state index contributed by atoms with van der Waals surface area (Å²) in [7, 11) is 0. The van der Waals surface area contributed by atoms with Crippen molar-refractivity contribution < 1.29 is 9.53 Å². The summed E-state index contributed by atoms with van der Waals surface area (Å²) in [5.41, 5.74) is -0.445.